The van der Waals surface area contributed by atoms with E-state index in [0.717, 1.165) is 44.8 Å². The van der Waals surface area contributed by atoms with Crippen LogP contribution in [0.3, 0.4) is 0 Å². The first-order valence-corrected chi connectivity index (χ1v) is 9.57. The molecule has 2 aliphatic rings. The summed E-state index contributed by atoms with van der Waals surface area (Å²) < 4.78 is 5.52. The van der Waals surface area contributed by atoms with Crippen molar-refractivity contribution in [1.82, 2.24) is 14.7 Å². The molecule has 140 valence electrons. The van der Waals surface area contributed by atoms with Crippen LogP contribution in [0.4, 0.5) is 0 Å². The standard InChI is InChI=1S/C19H30ClN3O2/c1-4-25-17-12-15(11-16(20)18(17)24)13-23-10-9-22(3)19(14-23)5-7-21(2)8-6-19/h11-12,24H,4-10,13-14H2,1-3H3. The zero-order chi connectivity index (χ0) is 18.0. The summed E-state index contributed by atoms with van der Waals surface area (Å²) in [7, 11) is 4.48. The number of ether oxygens (including phenoxy) is 1. The number of piperazine rings is 1. The predicted molar refractivity (Wildman–Crippen MR) is 102 cm³/mol. The van der Waals surface area contributed by atoms with Crippen LogP contribution >= 0.6 is 11.6 Å². The minimum atomic E-state index is 0.0393. The molecule has 1 spiro atoms. The summed E-state index contributed by atoms with van der Waals surface area (Å²) in [5, 5.41) is 10.4. The largest absolute Gasteiger partial charge is 0.503 e. The van der Waals surface area contributed by atoms with Crippen LogP contribution in [0.15, 0.2) is 12.1 Å². The Kier molecular flexibility index (Phi) is 5.78. The molecule has 2 saturated heterocycles. The Labute approximate surface area is 156 Å². The lowest BCUT2D eigenvalue weighted by Crippen LogP contribution is -2.63. The molecule has 2 fully saturated rings. The highest BCUT2D eigenvalue weighted by molar-refractivity contribution is 6.32. The summed E-state index contributed by atoms with van der Waals surface area (Å²) >= 11 is 6.19. The molecule has 0 aliphatic carbocycles. The lowest BCUT2D eigenvalue weighted by atomic mass is 9.84. The lowest BCUT2D eigenvalue weighted by molar-refractivity contribution is -0.0258. The van der Waals surface area contributed by atoms with Gasteiger partial charge in [-0.05, 0) is 64.6 Å². The van der Waals surface area contributed by atoms with Gasteiger partial charge in [0.1, 0.15) is 0 Å². The molecular formula is C19H30ClN3O2. The van der Waals surface area contributed by atoms with Gasteiger partial charge in [-0.15, -0.1) is 0 Å². The minimum Gasteiger partial charge on any atom is -0.503 e. The summed E-state index contributed by atoms with van der Waals surface area (Å²) in [6.07, 6.45) is 2.44. The first kappa shape index (κ1) is 18.8. The Balaban J connectivity index is 1.73. The van der Waals surface area contributed by atoms with Gasteiger partial charge in [-0.1, -0.05) is 11.6 Å². The van der Waals surface area contributed by atoms with Crippen LogP contribution in [0.25, 0.3) is 0 Å². The molecule has 25 heavy (non-hydrogen) atoms. The van der Waals surface area contributed by atoms with E-state index in [1.54, 1.807) is 0 Å². The number of benzene rings is 1. The van der Waals surface area contributed by atoms with Gasteiger partial charge in [0, 0.05) is 31.7 Å². The Bertz CT molecular complexity index is 603. The molecule has 2 heterocycles. The number of likely N-dealkylation sites (tertiary alicyclic amines) is 1. The maximum absolute atomic E-state index is 10.0. The van der Waals surface area contributed by atoms with Gasteiger partial charge < -0.3 is 14.7 Å². The summed E-state index contributed by atoms with van der Waals surface area (Å²) in [5.41, 5.74) is 1.38. The summed E-state index contributed by atoms with van der Waals surface area (Å²) in [4.78, 5) is 7.50. The SMILES string of the molecule is CCOc1cc(CN2CCN(C)C3(CCN(C)CC3)C2)cc(Cl)c1O. The third-order valence-electron chi connectivity index (χ3n) is 5.79. The number of hydrogen-bond acceptors (Lipinski definition) is 5. The lowest BCUT2D eigenvalue weighted by Gasteiger charge is -2.52. The van der Waals surface area contributed by atoms with Crippen molar-refractivity contribution in [2.24, 2.45) is 0 Å². The van der Waals surface area contributed by atoms with Crippen molar-refractivity contribution in [3.8, 4) is 11.5 Å². The molecule has 0 unspecified atom stereocenters. The molecule has 2 aliphatic heterocycles. The number of rotatable bonds is 4. The Morgan fingerprint density at radius 1 is 1.16 bits per heavy atom. The van der Waals surface area contributed by atoms with Gasteiger partial charge in [-0.3, -0.25) is 9.80 Å². The molecule has 6 heteroatoms. The van der Waals surface area contributed by atoms with Gasteiger partial charge in [0.2, 0.25) is 0 Å². The van der Waals surface area contributed by atoms with E-state index in [0.29, 0.717) is 17.4 Å². The highest BCUT2D eigenvalue weighted by Gasteiger charge is 2.41. The van der Waals surface area contributed by atoms with E-state index < -0.39 is 0 Å². The normalized spacial score (nSPS) is 22.4. The minimum absolute atomic E-state index is 0.0393. The van der Waals surface area contributed by atoms with E-state index in [2.05, 4.69) is 28.8 Å². The van der Waals surface area contributed by atoms with Crippen LogP contribution in [0.5, 0.6) is 11.5 Å². The van der Waals surface area contributed by atoms with E-state index in [-0.39, 0.29) is 11.3 Å². The van der Waals surface area contributed by atoms with Crippen LogP contribution in [0.2, 0.25) is 5.02 Å². The topological polar surface area (TPSA) is 39.2 Å². The van der Waals surface area contributed by atoms with Crippen molar-refractivity contribution in [2.45, 2.75) is 31.8 Å². The predicted octanol–water partition coefficient (Wildman–Crippen LogP) is 2.66. The maximum Gasteiger partial charge on any atom is 0.176 e. The zero-order valence-corrected chi connectivity index (χ0v) is 16.3. The van der Waals surface area contributed by atoms with Gasteiger partial charge in [0.15, 0.2) is 11.5 Å². The zero-order valence-electron chi connectivity index (χ0n) is 15.6. The van der Waals surface area contributed by atoms with Crippen LogP contribution in [0.1, 0.15) is 25.3 Å². The molecule has 0 bridgehead atoms. The summed E-state index contributed by atoms with van der Waals surface area (Å²) in [6.45, 7) is 8.81. The van der Waals surface area contributed by atoms with Crippen LogP contribution in [-0.4, -0.2) is 78.8 Å². The van der Waals surface area contributed by atoms with Gasteiger partial charge in [-0.25, -0.2) is 0 Å². The highest BCUT2D eigenvalue weighted by atomic mass is 35.5. The monoisotopic (exact) mass is 367 g/mol. The van der Waals surface area contributed by atoms with Crippen molar-refractivity contribution in [1.29, 1.82) is 0 Å². The average molecular weight is 368 g/mol. The van der Waals surface area contributed by atoms with E-state index in [9.17, 15) is 5.11 Å². The number of phenols is 1. The smallest absolute Gasteiger partial charge is 0.176 e. The molecule has 1 N–H and O–H groups in total. The molecule has 0 radical (unpaired) electrons. The van der Waals surface area contributed by atoms with Gasteiger partial charge in [0.25, 0.3) is 0 Å². The van der Waals surface area contributed by atoms with Crippen LogP contribution in [0, 0.1) is 0 Å². The van der Waals surface area contributed by atoms with Gasteiger partial charge in [-0.2, -0.15) is 0 Å². The second kappa shape index (κ2) is 7.70. The fourth-order valence-corrected chi connectivity index (χ4v) is 4.33. The molecule has 1 aromatic rings. The van der Waals surface area contributed by atoms with Gasteiger partial charge in [0.05, 0.1) is 11.6 Å². The number of piperidine rings is 1. The molecule has 0 atom stereocenters. The molecule has 1 aromatic carbocycles. The quantitative estimate of drug-likeness (QED) is 0.885. The third kappa shape index (κ3) is 4.05. The molecule has 0 aromatic heterocycles. The molecule has 5 nitrogen and oxygen atoms in total. The number of phenolic OH excluding ortho intramolecular Hbond substituents is 1. The number of hydrogen-bond donors (Lipinski definition) is 1. The highest BCUT2D eigenvalue weighted by Crippen LogP contribution is 2.36. The summed E-state index contributed by atoms with van der Waals surface area (Å²) in [5.74, 6) is 0.519. The summed E-state index contributed by atoms with van der Waals surface area (Å²) in [6, 6.07) is 3.78. The average Bonchev–Trinajstić information content (AvgIpc) is 2.58. The first-order valence-electron chi connectivity index (χ1n) is 9.20. The second-order valence-electron chi connectivity index (χ2n) is 7.52. The number of halogens is 1. The first-order chi connectivity index (χ1) is 11.9. The van der Waals surface area contributed by atoms with Crippen molar-refractivity contribution in [2.75, 3.05) is 53.4 Å². The van der Waals surface area contributed by atoms with E-state index in [4.69, 9.17) is 16.3 Å². The van der Waals surface area contributed by atoms with E-state index in [1.807, 2.05) is 19.1 Å². The Morgan fingerprint density at radius 3 is 2.56 bits per heavy atom. The fourth-order valence-electron chi connectivity index (χ4n) is 4.10. The molecular weight excluding hydrogens is 338 g/mol. The fraction of sp³-hybridized carbons (Fsp3) is 0.684. The van der Waals surface area contributed by atoms with Crippen molar-refractivity contribution in [3.63, 3.8) is 0 Å². The molecule has 0 saturated carbocycles. The maximum atomic E-state index is 10.0. The number of likely N-dealkylation sites (N-methyl/N-ethyl adjacent to an activating group) is 1. The number of aromatic hydroxyl groups is 1. The Hall–Kier alpha value is -1.01. The second-order valence-corrected chi connectivity index (χ2v) is 7.92. The van der Waals surface area contributed by atoms with Crippen LogP contribution in [-0.2, 0) is 6.54 Å². The van der Waals surface area contributed by atoms with Crippen molar-refractivity contribution >= 4 is 11.6 Å². The van der Waals surface area contributed by atoms with E-state index in [1.165, 1.54) is 12.8 Å². The molecule has 0 amide bonds. The molecule has 3 rings (SSSR count). The van der Waals surface area contributed by atoms with E-state index >= 15 is 0 Å². The van der Waals surface area contributed by atoms with Crippen molar-refractivity contribution in [3.05, 3.63) is 22.7 Å². The van der Waals surface area contributed by atoms with Crippen LogP contribution < -0.4 is 4.74 Å². The number of nitrogens with zero attached hydrogens (tertiary/aromatic N) is 3. The van der Waals surface area contributed by atoms with Gasteiger partial charge >= 0.3 is 0 Å². The van der Waals surface area contributed by atoms with Crippen molar-refractivity contribution < 1.29 is 9.84 Å². The Morgan fingerprint density at radius 2 is 1.88 bits per heavy atom. The third-order valence-corrected chi connectivity index (χ3v) is 6.08.